The van der Waals surface area contributed by atoms with Crippen LogP contribution in [0.5, 0.6) is 0 Å². The molecule has 0 radical (unpaired) electrons. The number of rotatable bonds is 5. The molecule has 1 unspecified atom stereocenters. The van der Waals surface area contributed by atoms with Crippen LogP contribution in [0.4, 0.5) is 23.0 Å². The minimum atomic E-state index is -0.378. The second-order valence-electron chi connectivity index (χ2n) is 6.34. The summed E-state index contributed by atoms with van der Waals surface area (Å²) in [5, 5.41) is 14.9. The molecular formula is C18H23N5O2. The fourth-order valence-electron chi connectivity index (χ4n) is 3.38. The molecule has 1 aliphatic heterocycles. The van der Waals surface area contributed by atoms with E-state index in [0.717, 1.165) is 43.5 Å². The zero-order valence-corrected chi connectivity index (χ0v) is 14.6. The van der Waals surface area contributed by atoms with Crippen LogP contribution in [0.25, 0.3) is 0 Å². The molecule has 1 aromatic carbocycles. The summed E-state index contributed by atoms with van der Waals surface area (Å²) >= 11 is 0. The Morgan fingerprint density at radius 2 is 2.12 bits per heavy atom. The lowest BCUT2D eigenvalue weighted by atomic mass is 10.00. The van der Waals surface area contributed by atoms with Crippen LogP contribution in [0.15, 0.2) is 30.6 Å². The van der Waals surface area contributed by atoms with Gasteiger partial charge in [-0.2, -0.15) is 0 Å². The van der Waals surface area contributed by atoms with Crippen molar-refractivity contribution in [2.75, 3.05) is 16.8 Å². The number of hydrogen-bond acceptors (Lipinski definition) is 6. The number of nitro groups is 1. The van der Waals surface area contributed by atoms with Gasteiger partial charge in [0.15, 0.2) is 0 Å². The van der Waals surface area contributed by atoms with Crippen LogP contribution in [-0.4, -0.2) is 27.5 Å². The molecule has 25 heavy (non-hydrogen) atoms. The van der Waals surface area contributed by atoms with Gasteiger partial charge in [-0.05, 0) is 44.2 Å². The predicted molar refractivity (Wildman–Crippen MR) is 98.4 cm³/mol. The van der Waals surface area contributed by atoms with Crippen LogP contribution in [0.3, 0.4) is 0 Å². The number of para-hydroxylation sites is 1. The summed E-state index contributed by atoms with van der Waals surface area (Å²) in [6.07, 6.45) is 5.57. The van der Waals surface area contributed by atoms with Crippen molar-refractivity contribution in [2.45, 2.75) is 45.6 Å². The van der Waals surface area contributed by atoms with Crippen molar-refractivity contribution < 1.29 is 4.92 Å². The SMILES string of the molecule is CCC1CCCCN1c1ncnc(Nc2ccccc2C)c1[N+](=O)[O-]. The molecule has 7 nitrogen and oxygen atoms in total. The third kappa shape index (κ3) is 3.55. The Labute approximate surface area is 147 Å². The fourth-order valence-corrected chi connectivity index (χ4v) is 3.38. The van der Waals surface area contributed by atoms with Crippen molar-refractivity contribution in [1.82, 2.24) is 9.97 Å². The summed E-state index contributed by atoms with van der Waals surface area (Å²) in [4.78, 5) is 21.9. The Kier molecular flexibility index (Phi) is 5.11. The van der Waals surface area contributed by atoms with Gasteiger partial charge >= 0.3 is 5.69 Å². The van der Waals surface area contributed by atoms with E-state index in [9.17, 15) is 10.1 Å². The van der Waals surface area contributed by atoms with Crippen LogP contribution in [-0.2, 0) is 0 Å². The maximum absolute atomic E-state index is 11.8. The van der Waals surface area contributed by atoms with Crippen molar-refractivity contribution in [3.8, 4) is 0 Å². The number of nitrogens with zero attached hydrogens (tertiary/aromatic N) is 4. The van der Waals surface area contributed by atoms with E-state index in [1.807, 2.05) is 31.2 Å². The zero-order chi connectivity index (χ0) is 17.8. The first kappa shape index (κ1) is 17.1. The molecule has 1 aliphatic rings. The first-order valence-corrected chi connectivity index (χ1v) is 8.70. The topological polar surface area (TPSA) is 84.2 Å². The number of piperidine rings is 1. The smallest absolute Gasteiger partial charge is 0.348 e. The van der Waals surface area contributed by atoms with Gasteiger partial charge in [-0.3, -0.25) is 10.1 Å². The van der Waals surface area contributed by atoms with Gasteiger partial charge in [-0.1, -0.05) is 25.1 Å². The Morgan fingerprint density at radius 3 is 2.84 bits per heavy atom. The van der Waals surface area contributed by atoms with Gasteiger partial charge in [-0.15, -0.1) is 0 Å². The van der Waals surface area contributed by atoms with Gasteiger partial charge in [0.1, 0.15) is 6.33 Å². The lowest BCUT2D eigenvalue weighted by molar-refractivity contribution is -0.383. The molecule has 3 rings (SSSR count). The van der Waals surface area contributed by atoms with E-state index in [1.165, 1.54) is 6.33 Å². The van der Waals surface area contributed by atoms with Crippen molar-refractivity contribution in [3.63, 3.8) is 0 Å². The molecule has 1 fully saturated rings. The van der Waals surface area contributed by atoms with Crippen molar-refractivity contribution >= 4 is 23.0 Å². The van der Waals surface area contributed by atoms with Crippen LogP contribution in [0.1, 0.15) is 38.2 Å². The molecule has 0 spiro atoms. The number of anilines is 3. The van der Waals surface area contributed by atoms with Crippen molar-refractivity contribution in [2.24, 2.45) is 0 Å². The Bertz CT molecular complexity index is 765. The molecule has 7 heteroatoms. The zero-order valence-electron chi connectivity index (χ0n) is 14.6. The second kappa shape index (κ2) is 7.46. The minimum Gasteiger partial charge on any atom is -0.348 e. The largest absolute Gasteiger partial charge is 0.353 e. The lowest BCUT2D eigenvalue weighted by Gasteiger charge is -2.35. The minimum absolute atomic E-state index is 0.0499. The van der Waals surface area contributed by atoms with Crippen molar-refractivity contribution in [3.05, 3.63) is 46.3 Å². The van der Waals surface area contributed by atoms with E-state index >= 15 is 0 Å². The van der Waals surface area contributed by atoms with Crippen LogP contribution in [0, 0.1) is 17.0 Å². The number of nitrogens with one attached hydrogen (secondary N) is 1. The highest BCUT2D eigenvalue weighted by atomic mass is 16.6. The Hall–Kier alpha value is -2.70. The second-order valence-corrected chi connectivity index (χ2v) is 6.34. The molecule has 1 atom stereocenters. The van der Waals surface area contributed by atoms with Gasteiger partial charge in [0.2, 0.25) is 11.6 Å². The third-order valence-corrected chi connectivity index (χ3v) is 4.75. The third-order valence-electron chi connectivity index (χ3n) is 4.75. The molecule has 0 saturated carbocycles. The summed E-state index contributed by atoms with van der Waals surface area (Å²) in [6, 6.07) is 7.94. The summed E-state index contributed by atoms with van der Waals surface area (Å²) < 4.78 is 0. The van der Waals surface area contributed by atoms with Gasteiger partial charge < -0.3 is 10.2 Å². The highest BCUT2D eigenvalue weighted by molar-refractivity contribution is 5.75. The standard InChI is InChI=1S/C18H23N5O2/c1-3-14-9-6-7-11-22(14)18-16(23(24)25)17(19-12-20-18)21-15-10-5-4-8-13(15)2/h4-5,8,10,12,14H,3,6-7,9,11H2,1-2H3,(H,19,20,21). The van der Waals surface area contributed by atoms with Crippen LogP contribution < -0.4 is 10.2 Å². The first-order valence-electron chi connectivity index (χ1n) is 8.70. The van der Waals surface area contributed by atoms with E-state index < -0.39 is 0 Å². The molecular weight excluding hydrogens is 318 g/mol. The van der Waals surface area contributed by atoms with E-state index in [-0.39, 0.29) is 22.5 Å². The van der Waals surface area contributed by atoms with E-state index in [0.29, 0.717) is 5.82 Å². The summed E-state index contributed by atoms with van der Waals surface area (Å²) in [5.41, 5.74) is 1.76. The number of aryl methyl sites for hydroxylation is 1. The summed E-state index contributed by atoms with van der Waals surface area (Å²) in [7, 11) is 0. The molecule has 2 heterocycles. The monoisotopic (exact) mass is 341 g/mol. The average Bonchev–Trinajstić information content (AvgIpc) is 2.63. The molecule has 1 saturated heterocycles. The van der Waals surface area contributed by atoms with Crippen LogP contribution >= 0.6 is 0 Å². The fraction of sp³-hybridized carbons (Fsp3) is 0.444. The summed E-state index contributed by atoms with van der Waals surface area (Å²) in [6.45, 7) is 4.86. The average molecular weight is 341 g/mol. The Balaban J connectivity index is 2.02. The molecule has 0 bridgehead atoms. The molecule has 1 aromatic heterocycles. The number of aromatic nitrogens is 2. The lowest BCUT2D eigenvalue weighted by Crippen LogP contribution is -2.40. The van der Waals surface area contributed by atoms with E-state index in [4.69, 9.17) is 0 Å². The maximum atomic E-state index is 11.8. The van der Waals surface area contributed by atoms with Gasteiger partial charge in [0, 0.05) is 18.3 Å². The predicted octanol–water partition coefficient (Wildman–Crippen LogP) is 4.21. The van der Waals surface area contributed by atoms with Crippen LogP contribution in [0.2, 0.25) is 0 Å². The first-order chi connectivity index (χ1) is 12.1. The molecule has 132 valence electrons. The van der Waals surface area contributed by atoms with Gasteiger partial charge in [-0.25, -0.2) is 9.97 Å². The van der Waals surface area contributed by atoms with E-state index in [2.05, 4.69) is 27.1 Å². The molecule has 0 aliphatic carbocycles. The van der Waals surface area contributed by atoms with Crippen molar-refractivity contribution in [1.29, 1.82) is 0 Å². The highest BCUT2D eigenvalue weighted by Gasteiger charge is 2.31. The van der Waals surface area contributed by atoms with Gasteiger partial charge in [0.25, 0.3) is 0 Å². The van der Waals surface area contributed by atoms with Gasteiger partial charge in [0.05, 0.1) is 4.92 Å². The number of hydrogen-bond donors (Lipinski definition) is 1. The maximum Gasteiger partial charge on any atom is 0.353 e. The molecule has 2 aromatic rings. The normalized spacial score (nSPS) is 17.4. The molecule has 1 N–H and O–H groups in total. The molecule has 0 amide bonds. The summed E-state index contributed by atoms with van der Waals surface area (Å²) in [5.74, 6) is 0.660. The Morgan fingerprint density at radius 1 is 1.32 bits per heavy atom. The highest BCUT2D eigenvalue weighted by Crippen LogP contribution is 2.37. The van der Waals surface area contributed by atoms with E-state index in [1.54, 1.807) is 0 Å². The quantitative estimate of drug-likeness (QED) is 0.648. The number of benzene rings is 1.